The zero-order valence-electron chi connectivity index (χ0n) is 12.9. The zero-order chi connectivity index (χ0) is 16.1. The van der Waals surface area contributed by atoms with Gasteiger partial charge in [-0.2, -0.15) is 0 Å². The van der Waals surface area contributed by atoms with Crippen LogP contribution in [0.3, 0.4) is 0 Å². The van der Waals surface area contributed by atoms with Crippen LogP contribution in [0.15, 0.2) is 51.6 Å². The summed E-state index contributed by atoms with van der Waals surface area (Å²) in [5.41, 5.74) is 1.33. The van der Waals surface area contributed by atoms with Crippen LogP contribution in [-0.4, -0.2) is 41.1 Å². The first-order valence-electron chi connectivity index (χ1n) is 7.73. The standard InChI is InChI=1S/C17H20BrN3OS/c18-16-6-2-1-4-14(16)13-20-7-9-21(10-8-20)17(23)19-12-15-5-3-11-22-15/h1-6,11H,7-10,12-13H2,(H,19,23). The highest BCUT2D eigenvalue weighted by Gasteiger charge is 2.19. The molecule has 0 saturated carbocycles. The fourth-order valence-corrected chi connectivity index (χ4v) is 3.33. The molecular weight excluding hydrogens is 374 g/mol. The molecule has 0 spiro atoms. The molecule has 1 aliphatic rings. The summed E-state index contributed by atoms with van der Waals surface area (Å²) in [5.74, 6) is 0.903. The summed E-state index contributed by atoms with van der Waals surface area (Å²) in [5, 5.41) is 4.07. The molecule has 0 radical (unpaired) electrons. The van der Waals surface area contributed by atoms with E-state index in [1.165, 1.54) is 10.0 Å². The lowest BCUT2D eigenvalue weighted by molar-refractivity contribution is 0.174. The van der Waals surface area contributed by atoms with Crippen molar-refractivity contribution in [3.05, 3.63) is 58.5 Å². The zero-order valence-corrected chi connectivity index (χ0v) is 15.3. The van der Waals surface area contributed by atoms with Crippen LogP contribution in [0.1, 0.15) is 11.3 Å². The molecule has 0 bridgehead atoms. The van der Waals surface area contributed by atoms with Crippen LogP contribution in [0.25, 0.3) is 0 Å². The highest BCUT2D eigenvalue weighted by atomic mass is 79.9. The van der Waals surface area contributed by atoms with E-state index >= 15 is 0 Å². The Kier molecular flexibility index (Phi) is 5.70. The number of hydrogen-bond donors (Lipinski definition) is 1. The van der Waals surface area contributed by atoms with Gasteiger partial charge in [-0.3, -0.25) is 4.90 Å². The van der Waals surface area contributed by atoms with Crippen LogP contribution in [-0.2, 0) is 13.1 Å². The minimum atomic E-state index is 0.642. The Morgan fingerprint density at radius 1 is 1.13 bits per heavy atom. The second-order valence-corrected chi connectivity index (χ2v) is 6.83. The molecule has 1 aromatic carbocycles. The first-order valence-corrected chi connectivity index (χ1v) is 8.93. The van der Waals surface area contributed by atoms with E-state index in [4.69, 9.17) is 16.6 Å². The number of nitrogens with one attached hydrogen (secondary N) is 1. The summed E-state index contributed by atoms with van der Waals surface area (Å²) in [4.78, 5) is 4.69. The lowest BCUT2D eigenvalue weighted by Crippen LogP contribution is -2.51. The SMILES string of the molecule is S=C(NCc1ccco1)N1CCN(Cc2ccccc2Br)CC1. The van der Waals surface area contributed by atoms with E-state index in [-0.39, 0.29) is 0 Å². The molecule has 1 aromatic heterocycles. The molecule has 1 N–H and O–H groups in total. The summed E-state index contributed by atoms with van der Waals surface area (Å²) in [6, 6.07) is 12.2. The number of benzene rings is 1. The molecule has 23 heavy (non-hydrogen) atoms. The van der Waals surface area contributed by atoms with Gasteiger partial charge in [-0.15, -0.1) is 0 Å². The Hall–Kier alpha value is -1.37. The van der Waals surface area contributed by atoms with Crippen LogP contribution in [0, 0.1) is 0 Å². The summed E-state index contributed by atoms with van der Waals surface area (Å²) in [6.07, 6.45) is 1.68. The van der Waals surface area contributed by atoms with E-state index in [1.807, 2.05) is 12.1 Å². The van der Waals surface area contributed by atoms with Gasteiger partial charge in [-0.25, -0.2) is 0 Å². The van der Waals surface area contributed by atoms with E-state index in [0.717, 1.165) is 43.6 Å². The van der Waals surface area contributed by atoms with E-state index < -0.39 is 0 Å². The molecule has 1 fully saturated rings. The van der Waals surface area contributed by atoms with E-state index in [9.17, 15) is 0 Å². The third kappa shape index (κ3) is 4.56. The third-order valence-electron chi connectivity index (χ3n) is 4.01. The van der Waals surface area contributed by atoms with Crippen LogP contribution in [0.5, 0.6) is 0 Å². The molecule has 4 nitrogen and oxygen atoms in total. The van der Waals surface area contributed by atoms with Crippen LogP contribution in [0.4, 0.5) is 0 Å². The lowest BCUT2D eigenvalue weighted by atomic mass is 10.2. The Morgan fingerprint density at radius 3 is 2.61 bits per heavy atom. The monoisotopic (exact) mass is 393 g/mol. The molecule has 0 amide bonds. The molecule has 1 aliphatic heterocycles. The van der Waals surface area contributed by atoms with Crippen LogP contribution in [0.2, 0.25) is 0 Å². The Bertz CT molecular complexity index is 639. The molecule has 3 rings (SSSR count). The van der Waals surface area contributed by atoms with Crippen LogP contribution >= 0.6 is 28.1 Å². The topological polar surface area (TPSA) is 31.7 Å². The van der Waals surface area contributed by atoms with E-state index in [0.29, 0.717) is 6.54 Å². The average molecular weight is 394 g/mol. The maximum atomic E-state index is 5.48. The number of furan rings is 1. The van der Waals surface area contributed by atoms with Gasteiger partial charge in [0.1, 0.15) is 5.76 Å². The van der Waals surface area contributed by atoms with Gasteiger partial charge >= 0.3 is 0 Å². The maximum absolute atomic E-state index is 5.48. The molecule has 6 heteroatoms. The average Bonchev–Trinajstić information content (AvgIpc) is 3.09. The maximum Gasteiger partial charge on any atom is 0.169 e. The van der Waals surface area contributed by atoms with Gasteiger partial charge in [0.25, 0.3) is 0 Å². The van der Waals surface area contributed by atoms with Gasteiger partial charge < -0.3 is 14.6 Å². The Balaban J connectivity index is 1.44. The summed E-state index contributed by atoms with van der Waals surface area (Å²) < 4.78 is 6.49. The number of halogens is 1. The van der Waals surface area contributed by atoms with Gasteiger partial charge in [0.05, 0.1) is 12.8 Å². The first-order chi connectivity index (χ1) is 11.2. The van der Waals surface area contributed by atoms with Gasteiger partial charge in [-0.05, 0) is 36.0 Å². The summed E-state index contributed by atoms with van der Waals surface area (Å²) in [6.45, 7) is 5.56. The summed E-state index contributed by atoms with van der Waals surface area (Å²) >= 11 is 9.10. The van der Waals surface area contributed by atoms with Gasteiger partial charge in [0.15, 0.2) is 5.11 Å². The number of rotatable bonds is 4. The van der Waals surface area contributed by atoms with Crippen molar-refractivity contribution in [3.8, 4) is 0 Å². The molecule has 122 valence electrons. The van der Waals surface area contributed by atoms with Gasteiger partial charge in [0.2, 0.25) is 0 Å². The van der Waals surface area contributed by atoms with Crippen LogP contribution < -0.4 is 5.32 Å². The Labute approximate surface area is 150 Å². The molecule has 0 atom stereocenters. The fourth-order valence-electron chi connectivity index (χ4n) is 2.66. The van der Waals surface area contributed by atoms with Crippen molar-refractivity contribution in [2.45, 2.75) is 13.1 Å². The molecule has 2 heterocycles. The van der Waals surface area contributed by atoms with Crippen molar-refractivity contribution < 1.29 is 4.42 Å². The molecule has 0 unspecified atom stereocenters. The number of hydrogen-bond acceptors (Lipinski definition) is 3. The highest BCUT2D eigenvalue weighted by Crippen LogP contribution is 2.18. The molecule has 2 aromatic rings. The van der Waals surface area contributed by atoms with Gasteiger partial charge in [0, 0.05) is 37.2 Å². The second-order valence-electron chi connectivity index (χ2n) is 5.59. The van der Waals surface area contributed by atoms with Crippen molar-refractivity contribution in [1.29, 1.82) is 0 Å². The first kappa shape index (κ1) is 16.5. The van der Waals surface area contributed by atoms with E-state index in [1.54, 1.807) is 6.26 Å². The predicted octanol–water partition coefficient (Wildman–Crippen LogP) is 3.23. The Morgan fingerprint density at radius 2 is 1.91 bits per heavy atom. The number of nitrogens with zero attached hydrogens (tertiary/aromatic N) is 2. The van der Waals surface area contributed by atoms with Crippen molar-refractivity contribution >= 4 is 33.3 Å². The third-order valence-corrected chi connectivity index (χ3v) is 5.18. The highest BCUT2D eigenvalue weighted by molar-refractivity contribution is 9.10. The van der Waals surface area contributed by atoms with Crippen molar-refractivity contribution in [2.75, 3.05) is 26.2 Å². The van der Waals surface area contributed by atoms with Crippen molar-refractivity contribution in [2.24, 2.45) is 0 Å². The van der Waals surface area contributed by atoms with Gasteiger partial charge in [-0.1, -0.05) is 34.1 Å². The quantitative estimate of drug-likeness (QED) is 0.805. The predicted molar refractivity (Wildman–Crippen MR) is 99.1 cm³/mol. The molecule has 0 aliphatic carbocycles. The number of piperazine rings is 1. The lowest BCUT2D eigenvalue weighted by Gasteiger charge is -2.36. The fraction of sp³-hybridized carbons (Fsp3) is 0.353. The molecular formula is C17H20BrN3OS. The smallest absolute Gasteiger partial charge is 0.169 e. The number of thiocarbonyl (C=S) groups is 1. The normalized spacial score (nSPS) is 15.6. The minimum Gasteiger partial charge on any atom is -0.467 e. The van der Waals surface area contributed by atoms with Crippen molar-refractivity contribution in [3.63, 3.8) is 0 Å². The molecule has 1 saturated heterocycles. The largest absolute Gasteiger partial charge is 0.467 e. The van der Waals surface area contributed by atoms with Crippen molar-refractivity contribution in [1.82, 2.24) is 15.1 Å². The summed E-state index contributed by atoms with van der Waals surface area (Å²) in [7, 11) is 0. The second kappa shape index (κ2) is 7.95. The van der Waals surface area contributed by atoms with E-state index in [2.05, 4.69) is 55.3 Å². The minimum absolute atomic E-state index is 0.642.